The van der Waals surface area contributed by atoms with Crippen LogP contribution in [0.5, 0.6) is 11.5 Å². The molecule has 3 rings (SSSR count). The molecule has 29 heavy (non-hydrogen) atoms. The summed E-state index contributed by atoms with van der Waals surface area (Å²) < 4.78 is 17.7. The molecule has 0 fully saturated rings. The number of carbonyl (C=O) groups is 2. The molecular formula is C20H19ClN2O5S. The summed E-state index contributed by atoms with van der Waals surface area (Å²) in [7, 11) is 4.39. The van der Waals surface area contributed by atoms with Gasteiger partial charge in [-0.05, 0) is 35.9 Å². The first-order valence-corrected chi connectivity index (χ1v) is 9.78. The van der Waals surface area contributed by atoms with E-state index in [1.54, 1.807) is 48.1 Å². The van der Waals surface area contributed by atoms with Crippen LogP contribution in [0.2, 0.25) is 5.02 Å². The third kappa shape index (κ3) is 4.78. The fraction of sp³-hybridized carbons (Fsp3) is 0.250. The molecule has 0 aliphatic carbocycles. The molecule has 0 aliphatic rings. The van der Waals surface area contributed by atoms with Gasteiger partial charge in [0.25, 0.3) is 5.91 Å². The van der Waals surface area contributed by atoms with Crippen LogP contribution >= 0.6 is 22.9 Å². The minimum absolute atomic E-state index is 0.0550. The van der Waals surface area contributed by atoms with Crippen molar-refractivity contribution in [1.29, 1.82) is 0 Å². The van der Waals surface area contributed by atoms with Crippen LogP contribution in [-0.2, 0) is 27.3 Å². The van der Waals surface area contributed by atoms with E-state index in [1.807, 2.05) is 0 Å². The monoisotopic (exact) mass is 434 g/mol. The summed E-state index contributed by atoms with van der Waals surface area (Å²) in [6.07, 6.45) is 0.0770. The zero-order chi connectivity index (χ0) is 21.0. The summed E-state index contributed by atoms with van der Waals surface area (Å²) in [4.78, 5) is 29.1. The summed E-state index contributed by atoms with van der Waals surface area (Å²) in [5, 5.41) is 0.562. The van der Waals surface area contributed by atoms with Crippen LogP contribution in [0, 0.1) is 0 Å². The lowest BCUT2D eigenvalue weighted by atomic mass is 10.1. The number of fused-ring (bicyclic) bond motifs is 1. The van der Waals surface area contributed by atoms with Crippen LogP contribution in [0.15, 0.2) is 41.4 Å². The molecule has 9 heteroatoms. The Bertz CT molecular complexity index is 1140. The Morgan fingerprint density at radius 3 is 2.52 bits per heavy atom. The van der Waals surface area contributed by atoms with Gasteiger partial charge in [0.15, 0.2) is 16.3 Å². The van der Waals surface area contributed by atoms with Gasteiger partial charge in [-0.15, -0.1) is 0 Å². The summed E-state index contributed by atoms with van der Waals surface area (Å²) in [5.41, 5.74) is 1.49. The molecule has 0 bridgehead atoms. The Hall–Kier alpha value is -2.84. The molecule has 152 valence electrons. The summed E-state index contributed by atoms with van der Waals surface area (Å²) >= 11 is 7.35. The Kier molecular flexibility index (Phi) is 6.56. The third-order valence-electron chi connectivity index (χ3n) is 4.18. The number of thiazole rings is 1. The number of amides is 1. The molecule has 0 atom stereocenters. The van der Waals surface area contributed by atoms with Gasteiger partial charge in [-0.1, -0.05) is 29.0 Å². The van der Waals surface area contributed by atoms with Crippen molar-refractivity contribution in [1.82, 2.24) is 4.57 Å². The number of nitrogens with zero attached hydrogens (tertiary/aromatic N) is 2. The largest absolute Gasteiger partial charge is 0.493 e. The highest BCUT2D eigenvalue weighted by Gasteiger charge is 2.13. The van der Waals surface area contributed by atoms with E-state index in [2.05, 4.69) is 4.99 Å². The molecule has 1 heterocycles. The topological polar surface area (TPSA) is 79.1 Å². The van der Waals surface area contributed by atoms with Crippen molar-refractivity contribution in [3.05, 3.63) is 51.8 Å². The van der Waals surface area contributed by atoms with Crippen molar-refractivity contribution in [3.63, 3.8) is 0 Å². The average Bonchev–Trinajstić information content (AvgIpc) is 3.03. The Labute approximate surface area is 176 Å². The fourth-order valence-corrected chi connectivity index (χ4v) is 4.11. The predicted octanol–water partition coefficient (Wildman–Crippen LogP) is 3.22. The molecule has 0 radical (unpaired) electrons. The highest BCUT2D eigenvalue weighted by Crippen LogP contribution is 2.28. The average molecular weight is 435 g/mol. The second-order valence-electron chi connectivity index (χ2n) is 6.03. The van der Waals surface area contributed by atoms with Crippen LogP contribution in [0.3, 0.4) is 0 Å². The molecule has 1 aromatic heterocycles. The van der Waals surface area contributed by atoms with Crippen molar-refractivity contribution in [2.24, 2.45) is 4.99 Å². The van der Waals surface area contributed by atoms with E-state index in [4.69, 9.17) is 25.8 Å². The molecule has 0 spiro atoms. The number of rotatable bonds is 6. The zero-order valence-corrected chi connectivity index (χ0v) is 17.7. The molecule has 0 N–H and O–H groups in total. The number of esters is 1. The van der Waals surface area contributed by atoms with Crippen molar-refractivity contribution in [2.75, 3.05) is 21.3 Å². The number of hydrogen-bond donors (Lipinski definition) is 0. The molecule has 0 saturated carbocycles. The first kappa shape index (κ1) is 20.9. The first-order valence-electron chi connectivity index (χ1n) is 8.59. The van der Waals surface area contributed by atoms with Crippen LogP contribution in [-0.4, -0.2) is 37.8 Å². The minimum atomic E-state index is -0.437. The van der Waals surface area contributed by atoms with Crippen molar-refractivity contribution in [2.45, 2.75) is 13.0 Å². The second-order valence-corrected chi connectivity index (χ2v) is 7.48. The van der Waals surface area contributed by atoms with Gasteiger partial charge in [0.1, 0.15) is 6.54 Å². The molecule has 0 aliphatic heterocycles. The van der Waals surface area contributed by atoms with Gasteiger partial charge in [0, 0.05) is 5.02 Å². The first-order chi connectivity index (χ1) is 13.9. The highest BCUT2D eigenvalue weighted by molar-refractivity contribution is 7.16. The molecule has 0 unspecified atom stereocenters. The SMILES string of the molecule is COC(=O)Cn1c(=NC(=O)Cc2ccc(OC)c(OC)c2)sc2cc(Cl)ccc21. The highest BCUT2D eigenvalue weighted by atomic mass is 35.5. The van der Waals surface area contributed by atoms with Crippen molar-refractivity contribution in [3.8, 4) is 11.5 Å². The predicted molar refractivity (Wildman–Crippen MR) is 111 cm³/mol. The molecular weight excluding hydrogens is 416 g/mol. The molecule has 1 amide bonds. The Balaban J connectivity index is 1.97. The molecule has 3 aromatic rings. The number of hydrogen-bond acceptors (Lipinski definition) is 6. The van der Waals surface area contributed by atoms with Gasteiger partial charge in [-0.25, -0.2) is 0 Å². The quantitative estimate of drug-likeness (QED) is 0.556. The van der Waals surface area contributed by atoms with Gasteiger partial charge in [0.2, 0.25) is 0 Å². The minimum Gasteiger partial charge on any atom is -0.493 e. The molecule has 2 aromatic carbocycles. The van der Waals surface area contributed by atoms with E-state index in [0.717, 1.165) is 15.8 Å². The van der Waals surface area contributed by atoms with E-state index < -0.39 is 5.97 Å². The van der Waals surface area contributed by atoms with Crippen LogP contribution in [0.25, 0.3) is 10.2 Å². The van der Waals surface area contributed by atoms with Gasteiger partial charge in [-0.2, -0.15) is 4.99 Å². The van der Waals surface area contributed by atoms with E-state index >= 15 is 0 Å². The number of halogens is 1. The van der Waals surface area contributed by atoms with Crippen LogP contribution < -0.4 is 14.3 Å². The number of ether oxygens (including phenoxy) is 3. The number of carbonyl (C=O) groups excluding carboxylic acids is 2. The summed E-state index contributed by atoms with van der Waals surface area (Å²) in [6.45, 7) is -0.0550. The lowest BCUT2D eigenvalue weighted by Crippen LogP contribution is -2.22. The van der Waals surface area contributed by atoms with Crippen LogP contribution in [0.4, 0.5) is 0 Å². The van der Waals surface area contributed by atoms with Gasteiger partial charge >= 0.3 is 5.97 Å². The van der Waals surface area contributed by atoms with Crippen molar-refractivity contribution < 1.29 is 23.8 Å². The van der Waals surface area contributed by atoms with E-state index in [0.29, 0.717) is 21.3 Å². The zero-order valence-electron chi connectivity index (χ0n) is 16.1. The van der Waals surface area contributed by atoms with Gasteiger partial charge in [0.05, 0.1) is 38.0 Å². The van der Waals surface area contributed by atoms with Gasteiger partial charge in [-0.3, -0.25) is 9.59 Å². The molecule has 7 nitrogen and oxygen atoms in total. The Morgan fingerprint density at radius 1 is 1.07 bits per heavy atom. The summed E-state index contributed by atoms with van der Waals surface area (Å²) in [6, 6.07) is 10.5. The van der Waals surface area contributed by atoms with Crippen molar-refractivity contribution >= 4 is 45.0 Å². The normalized spacial score (nSPS) is 11.5. The molecule has 0 saturated heterocycles. The van der Waals surface area contributed by atoms with E-state index in [-0.39, 0.29) is 18.9 Å². The Morgan fingerprint density at radius 2 is 1.83 bits per heavy atom. The maximum Gasteiger partial charge on any atom is 0.325 e. The number of benzene rings is 2. The second kappa shape index (κ2) is 9.11. The lowest BCUT2D eigenvalue weighted by molar-refractivity contribution is -0.141. The third-order valence-corrected chi connectivity index (χ3v) is 5.46. The van der Waals surface area contributed by atoms with E-state index in [9.17, 15) is 9.59 Å². The maximum absolute atomic E-state index is 12.6. The fourth-order valence-electron chi connectivity index (χ4n) is 2.79. The standard InChI is InChI=1S/C20H19ClN2O5S/c1-26-15-7-4-12(8-16(15)27-2)9-18(24)22-20-23(11-19(25)28-3)14-6-5-13(21)10-17(14)29-20/h4-8,10H,9,11H2,1-3H3. The van der Waals surface area contributed by atoms with E-state index in [1.165, 1.54) is 25.6 Å². The number of aromatic nitrogens is 1. The lowest BCUT2D eigenvalue weighted by Gasteiger charge is -2.08. The smallest absolute Gasteiger partial charge is 0.325 e. The van der Waals surface area contributed by atoms with Crippen LogP contribution in [0.1, 0.15) is 5.56 Å². The number of methoxy groups -OCH3 is 3. The van der Waals surface area contributed by atoms with Gasteiger partial charge < -0.3 is 18.8 Å². The summed E-state index contributed by atoms with van der Waals surface area (Å²) in [5.74, 6) is 0.329. The maximum atomic E-state index is 12.6.